The van der Waals surface area contributed by atoms with Gasteiger partial charge in [-0.2, -0.15) is 0 Å². The molecule has 0 saturated heterocycles. The van der Waals surface area contributed by atoms with Gasteiger partial charge in [-0.1, -0.05) is 13.8 Å². The van der Waals surface area contributed by atoms with Crippen molar-refractivity contribution >= 4 is 28.9 Å². The van der Waals surface area contributed by atoms with E-state index >= 15 is 0 Å². The number of primary amides is 1. The van der Waals surface area contributed by atoms with E-state index in [2.05, 4.69) is 0 Å². The van der Waals surface area contributed by atoms with Crippen molar-refractivity contribution in [2.75, 3.05) is 33.1 Å². The number of ketones is 2. The number of benzene rings is 1. The molecule has 1 fully saturated rings. The van der Waals surface area contributed by atoms with E-state index in [1.807, 2.05) is 38.9 Å². The van der Waals surface area contributed by atoms with Crippen molar-refractivity contribution in [1.82, 2.24) is 4.90 Å². The third kappa shape index (κ3) is 3.73. The van der Waals surface area contributed by atoms with Crippen LogP contribution < -0.4 is 10.6 Å². The Morgan fingerprint density at radius 1 is 1.16 bits per heavy atom. The second-order valence-corrected chi connectivity index (χ2v) is 11.2. The Morgan fingerprint density at radius 2 is 1.78 bits per heavy atom. The zero-order valence-corrected chi connectivity index (χ0v) is 22.0. The molecule has 0 spiro atoms. The summed E-state index contributed by atoms with van der Waals surface area (Å²) in [7, 11) is 6.85. The molecule has 1 aromatic carbocycles. The van der Waals surface area contributed by atoms with E-state index in [9.17, 15) is 34.8 Å². The lowest BCUT2D eigenvalue weighted by Crippen LogP contribution is -2.65. The number of aliphatic hydroxyl groups excluding tert-OH is 2. The maximum atomic E-state index is 13.9. The molecule has 0 bridgehead atoms. The number of fused-ring (bicyclic) bond motifs is 3. The highest BCUT2D eigenvalue weighted by Crippen LogP contribution is 2.54. The predicted molar refractivity (Wildman–Crippen MR) is 137 cm³/mol. The van der Waals surface area contributed by atoms with Crippen LogP contribution >= 0.6 is 0 Å². The standard InChI is InChI=1S/C27H35N3O7/c1-11(2)7-13-10-16(29(3)4)14-8-12-9-15-20(30(5)6)23(33)19(26(28)36)25(35)27(15,37)24(34)17(12)22(32)18(14)21(13)31/h10-12,15,20,31-32,35,37H,7-9H2,1-6H3,(H2,28,36)/t12-,15-,20?,27-/m1/s1. The Kier molecular flexibility index (Phi) is 6.41. The maximum absolute atomic E-state index is 13.9. The van der Waals surface area contributed by atoms with Gasteiger partial charge in [0.1, 0.15) is 22.8 Å². The number of phenols is 1. The van der Waals surface area contributed by atoms with Crippen LogP contribution in [0.15, 0.2) is 23.0 Å². The monoisotopic (exact) mass is 513 g/mol. The molecule has 4 rings (SSSR count). The Balaban J connectivity index is 2.00. The van der Waals surface area contributed by atoms with Gasteiger partial charge in [-0.3, -0.25) is 19.3 Å². The van der Waals surface area contributed by atoms with Gasteiger partial charge in [0.05, 0.1) is 11.6 Å². The van der Waals surface area contributed by atoms with E-state index < -0.39 is 58.0 Å². The van der Waals surface area contributed by atoms with E-state index in [0.717, 1.165) is 5.69 Å². The number of likely N-dealkylation sites (N-methyl/N-ethyl adjacent to an activating group) is 1. The van der Waals surface area contributed by atoms with E-state index in [0.29, 0.717) is 17.5 Å². The summed E-state index contributed by atoms with van der Waals surface area (Å²) in [6.45, 7) is 4.00. The summed E-state index contributed by atoms with van der Waals surface area (Å²) in [5.74, 6) is -6.21. The van der Waals surface area contributed by atoms with Gasteiger partial charge in [-0.15, -0.1) is 0 Å². The number of phenolic OH excluding ortho intramolecular Hbond substituents is 1. The molecule has 4 atom stereocenters. The number of aromatic hydroxyl groups is 1. The molecule has 37 heavy (non-hydrogen) atoms. The molecule has 0 radical (unpaired) electrons. The van der Waals surface area contributed by atoms with E-state index in [4.69, 9.17) is 5.73 Å². The van der Waals surface area contributed by atoms with Crippen LogP contribution in [0.1, 0.15) is 37.0 Å². The molecular formula is C27H35N3O7. The molecule has 3 aliphatic rings. The summed E-state index contributed by atoms with van der Waals surface area (Å²) in [6, 6.07) is 0.779. The lowest BCUT2D eigenvalue weighted by atomic mass is 9.57. The van der Waals surface area contributed by atoms with Crippen LogP contribution in [0.2, 0.25) is 0 Å². The van der Waals surface area contributed by atoms with Gasteiger partial charge in [0.2, 0.25) is 5.78 Å². The summed E-state index contributed by atoms with van der Waals surface area (Å²) < 4.78 is 0. The zero-order valence-electron chi connectivity index (χ0n) is 22.0. The van der Waals surface area contributed by atoms with Crippen molar-refractivity contribution in [2.45, 2.75) is 44.8 Å². The molecule has 3 aliphatic carbocycles. The number of anilines is 1. The molecule has 6 N–H and O–H groups in total. The lowest BCUT2D eigenvalue weighted by Gasteiger charge is -2.50. The molecule has 1 unspecified atom stereocenters. The summed E-state index contributed by atoms with van der Waals surface area (Å²) in [5.41, 5.74) is 3.93. The maximum Gasteiger partial charge on any atom is 0.255 e. The molecule has 0 aliphatic heterocycles. The number of Topliss-reactive ketones (excluding diaryl/α,β-unsaturated/α-hetero) is 2. The van der Waals surface area contributed by atoms with Crippen molar-refractivity contribution in [3.8, 4) is 5.75 Å². The summed E-state index contributed by atoms with van der Waals surface area (Å²) in [4.78, 5) is 42.6. The highest BCUT2D eigenvalue weighted by atomic mass is 16.3. The number of amides is 1. The van der Waals surface area contributed by atoms with Gasteiger partial charge in [-0.25, -0.2) is 0 Å². The number of rotatable bonds is 5. The van der Waals surface area contributed by atoms with Crippen molar-refractivity contribution in [3.63, 3.8) is 0 Å². The topological polar surface area (TPSA) is 165 Å². The van der Waals surface area contributed by atoms with Crippen molar-refractivity contribution < 1.29 is 34.8 Å². The van der Waals surface area contributed by atoms with Crippen molar-refractivity contribution in [3.05, 3.63) is 39.7 Å². The summed E-state index contributed by atoms with van der Waals surface area (Å²) in [6.07, 6.45) is 0.856. The van der Waals surface area contributed by atoms with E-state index in [1.165, 1.54) is 4.90 Å². The second-order valence-electron chi connectivity index (χ2n) is 11.2. The van der Waals surface area contributed by atoms with E-state index in [1.54, 1.807) is 14.1 Å². The number of nitrogens with two attached hydrogens (primary N) is 1. The minimum Gasteiger partial charge on any atom is -0.508 e. The number of nitrogens with zero attached hydrogens (tertiary/aromatic N) is 2. The fourth-order valence-electron chi connectivity index (χ4n) is 6.34. The fraction of sp³-hybridized carbons (Fsp3) is 0.519. The number of carbonyl (C=O) groups excluding carboxylic acids is 3. The van der Waals surface area contributed by atoms with Gasteiger partial charge < -0.3 is 31.1 Å². The normalized spacial score (nSPS) is 27.4. The Morgan fingerprint density at radius 3 is 2.30 bits per heavy atom. The number of hydrogen-bond donors (Lipinski definition) is 5. The molecule has 1 amide bonds. The summed E-state index contributed by atoms with van der Waals surface area (Å²) >= 11 is 0. The Hall–Kier alpha value is -3.37. The minimum absolute atomic E-state index is 0.0626. The first-order chi connectivity index (χ1) is 17.1. The van der Waals surface area contributed by atoms with Gasteiger partial charge in [0.25, 0.3) is 5.91 Å². The zero-order chi connectivity index (χ0) is 27.7. The Bertz CT molecular complexity index is 1280. The van der Waals surface area contributed by atoms with Gasteiger partial charge >= 0.3 is 0 Å². The van der Waals surface area contributed by atoms with Gasteiger partial charge in [0, 0.05) is 31.3 Å². The highest BCUT2D eigenvalue weighted by molar-refractivity contribution is 6.24. The van der Waals surface area contributed by atoms with E-state index in [-0.39, 0.29) is 35.6 Å². The molecule has 0 heterocycles. The molecular weight excluding hydrogens is 478 g/mol. The van der Waals surface area contributed by atoms with Crippen LogP contribution in [0.5, 0.6) is 5.75 Å². The van der Waals surface area contributed by atoms with Crippen molar-refractivity contribution in [1.29, 1.82) is 0 Å². The van der Waals surface area contributed by atoms with Crippen LogP contribution in [-0.2, 0) is 27.2 Å². The number of hydrogen-bond acceptors (Lipinski definition) is 9. The molecule has 10 heteroatoms. The SMILES string of the molecule is CC(C)Cc1cc(N(C)C)c2c(c1O)C(O)=C1C(=O)[C@@]3(O)C(O)=C(C(N)=O)C(=O)C(N(C)C)[C@H]3C[C@H]1C2. The molecule has 0 aromatic heterocycles. The average molecular weight is 514 g/mol. The van der Waals surface area contributed by atoms with Crippen LogP contribution in [0.3, 0.4) is 0 Å². The first-order valence-electron chi connectivity index (χ1n) is 12.3. The van der Waals surface area contributed by atoms with Crippen molar-refractivity contribution in [2.24, 2.45) is 23.5 Å². The van der Waals surface area contributed by atoms with Gasteiger partial charge in [0.15, 0.2) is 11.4 Å². The smallest absolute Gasteiger partial charge is 0.255 e. The minimum atomic E-state index is -2.64. The Labute approximate surface area is 215 Å². The quantitative estimate of drug-likeness (QED) is 0.364. The number of carbonyl (C=O) groups is 3. The van der Waals surface area contributed by atoms with Crippen LogP contribution in [-0.4, -0.2) is 82.6 Å². The van der Waals surface area contributed by atoms with Crippen LogP contribution in [0.4, 0.5) is 5.69 Å². The average Bonchev–Trinajstić information content (AvgIpc) is 2.77. The third-order valence-corrected chi connectivity index (χ3v) is 7.89. The summed E-state index contributed by atoms with van der Waals surface area (Å²) in [5, 5.41) is 45.3. The molecule has 10 nitrogen and oxygen atoms in total. The van der Waals surface area contributed by atoms with Crippen LogP contribution in [0, 0.1) is 17.8 Å². The predicted octanol–water partition coefficient (Wildman–Crippen LogP) is 1.23. The van der Waals surface area contributed by atoms with Crippen LogP contribution in [0.25, 0.3) is 5.76 Å². The highest BCUT2D eigenvalue weighted by Gasteiger charge is 2.64. The number of aliphatic hydroxyl groups is 3. The first-order valence-corrected chi connectivity index (χ1v) is 12.3. The third-order valence-electron chi connectivity index (χ3n) is 7.89. The molecule has 1 aromatic rings. The second kappa shape index (κ2) is 8.88. The largest absolute Gasteiger partial charge is 0.508 e. The lowest BCUT2D eigenvalue weighted by molar-refractivity contribution is -0.153. The first kappa shape index (κ1) is 26.7. The fourth-order valence-corrected chi connectivity index (χ4v) is 6.34. The molecule has 200 valence electrons. The molecule has 1 saturated carbocycles. The van der Waals surface area contributed by atoms with Gasteiger partial charge in [-0.05, 0) is 62.4 Å².